The van der Waals surface area contributed by atoms with E-state index < -0.39 is 0 Å². The van der Waals surface area contributed by atoms with E-state index in [1.807, 2.05) is 24.3 Å². The fourth-order valence-corrected chi connectivity index (χ4v) is 3.23. The van der Waals surface area contributed by atoms with Crippen molar-refractivity contribution in [1.82, 2.24) is 0 Å². The lowest BCUT2D eigenvalue weighted by Gasteiger charge is -2.11. The van der Waals surface area contributed by atoms with Gasteiger partial charge in [0.05, 0.1) is 6.61 Å². The van der Waals surface area contributed by atoms with Gasteiger partial charge < -0.3 is 20.1 Å². The highest BCUT2D eigenvalue weighted by Gasteiger charge is 2.23. The Bertz CT molecular complexity index is 804. The Kier molecular flexibility index (Phi) is 7.45. The number of anilines is 2. The number of amides is 2. The van der Waals surface area contributed by atoms with Gasteiger partial charge in [0.25, 0.3) is 5.91 Å². The van der Waals surface area contributed by atoms with Crippen LogP contribution >= 0.6 is 15.9 Å². The van der Waals surface area contributed by atoms with E-state index in [2.05, 4.69) is 26.6 Å². The van der Waals surface area contributed by atoms with Crippen LogP contribution in [0.5, 0.6) is 5.75 Å². The van der Waals surface area contributed by atoms with Crippen LogP contribution in [0.2, 0.25) is 0 Å². The monoisotopic (exact) mass is 446 g/mol. The maximum atomic E-state index is 12.1. The molecule has 7 heteroatoms. The number of halogens is 1. The second kappa shape index (κ2) is 10.2. The standard InChI is InChI=1S/C21H23BrN2O4/c22-15-4-1-5-18(14-15)27-12-3-7-20(25)23-16-8-10-17(11-9-16)24-21(26)19-6-2-13-28-19/h1,4-5,8-11,14,19H,2-3,6-7,12-13H2,(H,23,25)(H,24,26). The number of carbonyl (C=O) groups is 2. The topological polar surface area (TPSA) is 76.7 Å². The number of hydrogen-bond acceptors (Lipinski definition) is 4. The van der Waals surface area contributed by atoms with E-state index in [0.717, 1.165) is 23.1 Å². The average molecular weight is 447 g/mol. The van der Waals surface area contributed by atoms with Crippen LogP contribution in [0.4, 0.5) is 11.4 Å². The quantitative estimate of drug-likeness (QED) is 0.590. The summed E-state index contributed by atoms with van der Waals surface area (Å²) in [4.78, 5) is 24.1. The molecule has 1 atom stereocenters. The Morgan fingerprint density at radius 2 is 1.86 bits per heavy atom. The predicted octanol–water partition coefficient (Wildman–Crippen LogP) is 4.36. The van der Waals surface area contributed by atoms with Crippen molar-refractivity contribution in [2.24, 2.45) is 0 Å². The summed E-state index contributed by atoms with van der Waals surface area (Å²) in [6, 6.07) is 14.7. The van der Waals surface area contributed by atoms with Crippen molar-refractivity contribution in [3.63, 3.8) is 0 Å². The lowest BCUT2D eigenvalue weighted by atomic mass is 10.2. The summed E-state index contributed by atoms with van der Waals surface area (Å²) in [7, 11) is 0. The Labute approximate surface area is 172 Å². The summed E-state index contributed by atoms with van der Waals surface area (Å²) < 4.78 is 11.9. The summed E-state index contributed by atoms with van der Waals surface area (Å²) in [6.45, 7) is 1.11. The molecular weight excluding hydrogens is 424 g/mol. The summed E-state index contributed by atoms with van der Waals surface area (Å²) in [5.41, 5.74) is 1.37. The maximum absolute atomic E-state index is 12.1. The van der Waals surface area contributed by atoms with Crippen LogP contribution in [0.1, 0.15) is 25.7 Å². The summed E-state index contributed by atoms with van der Waals surface area (Å²) in [6.07, 6.45) is 2.29. The fraction of sp³-hybridized carbons (Fsp3) is 0.333. The minimum absolute atomic E-state index is 0.0750. The van der Waals surface area contributed by atoms with Gasteiger partial charge in [-0.25, -0.2) is 0 Å². The van der Waals surface area contributed by atoms with Gasteiger partial charge in [-0.1, -0.05) is 22.0 Å². The summed E-state index contributed by atoms with van der Waals surface area (Å²) >= 11 is 3.39. The number of hydrogen-bond donors (Lipinski definition) is 2. The minimum Gasteiger partial charge on any atom is -0.494 e. The second-order valence-electron chi connectivity index (χ2n) is 6.53. The Hall–Kier alpha value is -2.38. The zero-order valence-corrected chi connectivity index (χ0v) is 17.0. The molecule has 1 fully saturated rings. The molecule has 2 amide bonds. The Balaban J connectivity index is 1.37. The molecule has 0 saturated carbocycles. The van der Waals surface area contributed by atoms with Crippen LogP contribution in [0.3, 0.4) is 0 Å². The van der Waals surface area contributed by atoms with Gasteiger partial charge >= 0.3 is 0 Å². The lowest BCUT2D eigenvalue weighted by molar-refractivity contribution is -0.124. The molecule has 1 aliphatic rings. The molecule has 1 aliphatic heterocycles. The third-order valence-corrected chi connectivity index (χ3v) is 4.76. The highest BCUT2D eigenvalue weighted by atomic mass is 79.9. The van der Waals surface area contributed by atoms with Crippen LogP contribution in [0, 0.1) is 0 Å². The molecular formula is C21H23BrN2O4. The molecule has 0 bridgehead atoms. The van der Waals surface area contributed by atoms with Gasteiger partial charge in [-0.05, 0) is 61.7 Å². The average Bonchev–Trinajstić information content (AvgIpc) is 3.22. The molecule has 3 rings (SSSR count). The molecule has 6 nitrogen and oxygen atoms in total. The molecule has 1 saturated heterocycles. The lowest BCUT2D eigenvalue weighted by Crippen LogP contribution is -2.26. The molecule has 1 heterocycles. The number of benzene rings is 2. The van der Waals surface area contributed by atoms with Crippen molar-refractivity contribution >= 4 is 39.1 Å². The zero-order valence-electron chi connectivity index (χ0n) is 15.4. The zero-order chi connectivity index (χ0) is 19.8. The van der Waals surface area contributed by atoms with Crippen molar-refractivity contribution in [3.05, 3.63) is 53.0 Å². The third-order valence-electron chi connectivity index (χ3n) is 4.27. The molecule has 2 N–H and O–H groups in total. The van der Waals surface area contributed by atoms with Crippen molar-refractivity contribution in [1.29, 1.82) is 0 Å². The molecule has 0 spiro atoms. The van der Waals surface area contributed by atoms with Crippen LogP contribution in [-0.4, -0.2) is 31.1 Å². The van der Waals surface area contributed by atoms with Gasteiger partial charge in [-0.15, -0.1) is 0 Å². The number of rotatable bonds is 8. The van der Waals surface area contributed by atoms with Gasteiger partial charge in [-0.2, -0.15) is 0 Å². The Morgan fingerprint density at radius 1 is 1.11 bits per heavy atom. The summed E-state index contributed by atoms with van der Waals surface area (Å²) in [5, 5.41) is 5.68. The fourth-order valence-electron chi connectivity index (χ4n) is 2.85. The third kappa shape index (κ3) is 6.35. The normalized spacial score (nSPS) is 15.8. The van der Waals surface area contributed by atoms with E-state index >= 15 is 0 Å². The first-order valence-electron chi connectivity index (χ1n) is 9.31. The molecule has 148 valence electrons. The Morgan fingerprint density at radius 3 is 2.54 bits per heavy atom. The van der Waals surface area contributed by atoms with E-state index in [4.69, 9.17) is 9.47 Å². The van der Waals surface area contributed by atoms with E-state index in [1.54, 1.807) is 24.3 Å². The smallest absolute Gasteiger partial charge is 0.253 e. The molecule has 0 aromatic heterocycles. The number of ether oxygens (including phenoxy) is 2. The molecule has 1 unspecified atom stereocenters. The second-order valence-corrected chi connectivity index (χ2v) is 7.44. The number of nitrogens with one attached hydrogen (secondary N) is 2. The maximum Gasteiger partial charge on any atom is 0.253 e. The van der Waals surface area contributed by atoms with Gasteiger partial charge in [-0.3, -0.25) is 9.59 Å². The minimum atomic E-state index is -0.362. The largest absolute Gasteiger partial charge is 0.494 e. The first kappa shape index (κ1) is 20.4. The van der Waals surface area contributed by atoms with E-state index in [0.29, 0.717) is 37.4 Å². The van der Waals surface area contributed by atoms with Crippen LogP contribution < -0.4 is 15.4 Å². The van der Waals surface area contributed by atoms with E-state index in [9.17, 15) is 9.59 Å². The van der Waals surface area contributed by atoms with Crippen molar-refractivity contribution in [2.45, 2.75) is 31.8 Å². The highest BCUT2D eigenvalue weighted by molar-refractivity contribution is 9.10. The van der Waals surface area contributed by atoms with Crippen molar-refractivity contribution < 1.29 is 19.1 Å². The van der Waals surface area contributed by atoms with Gasteiger partial charge in [0.1, 0.15) is 11.9 Å². The van der Waals surface area contributed by atoms with Gasteiger partial charge in [0, 0.05) is 28.9 Å². The van der Waals surface area contributed by atoms with E-state index in [1.165, 1.54) is 0 Å². The molecule has 0 radical (unpaired) electrons. The van der Waals surface area contributed by atoms with Crippen LogP contribution in [-0.2, 0) is 14.3 Å². The van der Waals surface area contributed by atoms with Crippen LogP contribution in [0.25, 0.3) is 0 Å². The summed E-state index contributed by atoms with van der Waals surface area (Å²) in [5.74, 6) is 0.573. The molecule has 28 heavy (non-hydrogen) atoms. The number of carbonyl (C=O) groups excluding carboxylic acids is 2. The van der Waals surface area contributed by atoms with Gasteiger partial charge in [0.2, 0.25) is 5.91 Å². The molecule has 0 aliphatic carbocycles. The van der Waals surface area contributed by atoms with Crippen molar-refractivity contribution in [2.75, 3.05) is 23.8 Å². The molecule has 2 aromatic carbocycles. The first-order chi connectivity index (χ1) is 13.6. The SMILES string of the molecule is O=C(CCCOc1cccc(Br)c1)Nc1ccc(NC(=O)C2CCCO2)cc1. The van der Waals surface area contributed by atoms with Gasteiger partial charge in [0.15, 0.2) is 0 Å². The van der Waals surface area contributed by atoms with Crippen molar-refractivity contribution in [3.8, 4) is 5.75 Å². The van der Waals surface area contributed by atoms with E-state index in [-0.39, 0.29) is 17.9 Å². The highest BCUT2D eigenvalue weighted by Crippen LogP contribution is 2.19. The van der Waals surface area contributed by atoms with Crippen LogP contribution in [0.15, 0.2) is 53.0 Å². The molecule has 2 aromatic rings. The predicted molar refractivity (Wildman–Crippen MR) is 112 cm³/mol. The first-order valence-corrected chi connectivity index (χ1v) is 10.1.